The highest BCUT2D eigenvalue weighted by Crippen LogP contribution is 2.20. The zero-order valence-corrected chi connectivity index (χ0v) is 11.7. The first-order valence-corrected chi connectivity index (χ1v) is 7.39. The smallest absolute Gasteiger partial charge is 0.209 e. The first-order chi connectivity index (χ1) is 9.33. The maximum Gasteiger partial charge on any atom is 0.209 e. The lowest BCUT2D eigenvalue weighted by molar-refractivity contribution is 0.509. The van der Waals surface area contributed by atoms with Gasteiger partial charge in [0.2, 0.25) is 5.16 Å². The second-order valence-corrected chi connectivity index (χ2v) is 5.64. The van der Waals surface area contributed by atoms with Crippen molar-refractivity contribution in [1.82, 2.24) is 35.1 Å². The normalized spacial score (nSPS) is 15.0. The fraction of sp³-hybridized carbons (Fsp3) is 0.636. The summed E-state index contributed by atoms with van der Waals surface area (Å²) in [4.78, 5) is 4.10. The molecule has 1 N–H and O–H groups in total. The Bertz CT molecular complexity index is 531. The van der Waals surface area contributed by atoms with Crippen molar-refractivity contribution in [1.29, 1.82) is 0 Å². The minimum absolute atomic E-state index is 0.724. The Morgan fingerprint density at radius 2 is 2.37 bits per heavy atom. The van der Waals surface area contributed by atoms with Crippen molar-refractivity contribution in [3.63, 3.8) is 0 Å². The summed E-state index contributed by atoms with van der Waals surface area (Å²) in [6.45, 7) is 1.74. The highest BCUT2D eigenvalue weighted by atomic mass is 32.2. The Morgan fingerprint density at radius 3 is 3.11 bits per heavy atom. The highest BCUT2D eigenvalue weighted by Gasteiger charge is 2.20. The molecule has 0 unspecified atom stereocenters. The molecule has 19 heavy (non-hydrogen) atoms. The van der Waals surface area contributed by atoms with E-state index in [0.717, 1.165) is 35.7 Å². The van der Waals surface area contributed by atoms with Crippen molar-refractivity contribution in [3.8, 4) is 0 Å². The van der Waals surface area contributed by atoms with Gasteiger partial charge in [0.1, 0.15) is 0 Å². The topological polar surface area (TPSA) is 73.5 Å². The number of imidazole rings is 1. The number of aromatic nitrogens is 6. The summed E-state index contributed by atoms with van der Waals surface area (Å²) < 4.78 is 3.87. The summed E-state index contributed by atoms with van der Waals surface area (Å²) in [5.41, 5.74) is 1.16. The van der Waals surface area contributed by atoms with E-state index in [1.165, 1.54) is 12.8 Å². The van der Waals surface area contributed by atoms with Gasteiger partial charge in [-0.1, -0.05) is 11.8 Å². The van der Waals surface area contributed by atoms with Crippen molar-refractivity contribution in [2.24, 2.45) is 7.05 Å². The molecule has 3 rings (SSSR count). The van der Waals surface area contributed by atoms with Crippen LogP contribution in [0.1, 0.15) is 18.5 Å². The highest BCUT2D eigenvalue weighted by molar-refractivity contribution is 7.98. The summed E-state index contributed by atoms with van der Waals surface area (Å²) in [5.74, 6) is 0.826. The molecule has 1 aliphatic carbocycles. The molecule has 0 aromatic carbocycles. The third kappa shape index (κ3) is 3.32. The second kappa shape index (κ2) is 5.70. The van der Waals surface area contributed by atoms with E-state index < -0.39 is 0 Å². The monoisotopic (exact) mass is 279 g/mol. The number of tetrazole rings is 1. The van der Waals surface area contributed by atoms with Crippen LogP contribution in [0.4, 0.5) is 0 Å². The van der Waals surface area contributed by atoms with Gasteiger partial charge in [0, 0.05) is 37.3 Å². The molecular formula is C11H17N7S. The SMILES string of the molecule is Cn1cncc1CSc1nnnn1CCNC1CC1. The number of hydrogen-bond acceptors (Lipinski definition) is 6. The first-order valence-electron chi connectivity index (χ1n) is 6.40. The van der Waals surface area contributed by atoms with Crippen LogP contribution < -0.4 is 5.32 Å². The Kier molecular flexibility index (Phi) is 3.79. The number of rotatable bonds is 7. The van der Waals surface area contributed by atoms with E-state index in [1.807, 2.05) is 22.5 Å². The quantitative estimate of drug-likeness (QED) is 0.742. The molecule has 0 radical (unpaired) electrons. The number of nitrogens with one attached hydrogen (secondary N) is 1. The summed E-state index contributed by atoms with van der Waals surface area (Å²) >= 11 is 1.64. The van der Waals surface area contributed by atoms with E-state index in [0.29, 0.717) is 0 Å². The van der Waals surface area contributed by atoms with Crippen LogP contribution in [-0.4, -0.2) is 42.3 Å². The third-order valence-electron chi connectivity index (χ3n) is 3.10. The molecule has 0 amide bonds. The van der Waals surface area contributed by atoms with E-state index in [9.17, 15) is 0 Å². The van der Waals surface area contributed by atoms with Crippen molar-refractivity contribution in [3.05, 3.63) is 18.2 Å². The van der Waals surface area contributed by atoms with Gasteiger partial charge < -0.3 is 9.88 Å². The van der Waals surface area contributed by atoms with Crippen LogP contribution in [0.25, 0.3) is 0 Å². The van der Waals surface area contributed by atoms with Gasteiger partial charge in [0.25, 0.3) is 0 Å². The predicted molar refractivity (Wildman–Crippen MR) is 71.6 cm³/mol. The van der Waals surface area contributed by atoms with Crippen LogP contribution in [0.3, 0.4) is 0 Å². The van der Waals surface area contributed by atoms with E-state index >= 15 is 0 Å². The van der Waals surface area contributed by atoms with Crippen molar-refractivity contribution in [2.45, 2.75) is 36.3 Å². The van der Waals surface area contributed by atoms with Gasteiger partial charge in [-0.25, -0.2) is 9.67 Å². The third-order valence-corrected chi connectivity index (χ3v) is 4.09. The van der Waals surface area contributed by atoms with Gasteiger partial charge in [-0.2, -0.15) is 0 Å². The Hall–Kier alpha value is -1.41. The molecule has 0 spiro atoms. The van der Waals surface area contributed by atoms with E-state index in [1.54, 1.807) is 18.1 Å². The number of hydrogen-bond donors (Lipinski definition) is 1. The Morgan fingerprint density at radius 1 is 1.47 bits per heavy atom. The minimum Gasteiger partial charge on any atom is -0.337 e. The Labute approximate surface area is 115 Å². The van der Waals surface area contributed by atoms with Gasteiger partial charge in [0.05, 0.1) is 12.9 Å². The molecule has 2 aromatic heterocycles. The van der Waals surface area contributed by atoms with Crippen LogP contribution in [0, 0.1) is 0 Å². The molecule has 0 atom stereocenters. The minimum atomic E-state index is 0.724. The molecule has 102 valence electrons. The predicted octanol–water partition coefficient (Wildman–Crippen LogP) is 0.451. The molecule has 8 heteroatoms. The van der Waals surface area contributed by atoms with Crippen LogP contribution >= 0.6 is 11.8 Å². The van der Waals surface area contributed by atoms with Crippen molar-refractivity contribution >= 4 is 11.8 Å². The average Bonchev–Trinajstić information content (AvgIpc) is 2.97. The molecule has 1 saturated carbocycles. The van der Waals surface area contributed by atoms with Gasteiger partial charge >= 0.3 is 0 Å². The summed E-state index contributed by atoms with van der Waals surface area (Å²) in [5, 5.41) is 16.2. The first kappa shape index (κ1) is 12.6. The van der Waals surface area contributed by atoms with Crippen LogP contribution in [0.15, 0.2) is 17.7 Å². The lowest BCUT2D eigenvalue weighted by Crippen LogP contribution is -2.22. The standard InChI is InChI=1S/C11H17N7S/c1-17-8-12-6-10(17)7-19-11-14-15-16-18(11)5-4-13-9-2-3-9/h6,8-9,13H,2-5,7H2,1H3. The fourth-order valence-electron chi connectivity index (χ4n) is 1.76. The molecule has 2 heterocycles. The summed E-state index contributed by atoms with van der Waals surface area (Å²) in [6.07, 6.45) is 6.28. The van der Waals surface area contributed by atoms with E-state index in [2.05, 4.69) is 25.8 Å². The lowest BCUT2D eigenvalue weighted by Gasteiger charge is -2.05. The molecule has 1 fully saturated rings. The van der Waals surface area contributed by atoms with Crippen LogP contribution in [-0.2, 0) is 19.3 Å². The van der Waals surface area contributed by atoms with Gasteiger partial charge in [-0.3, -0.25) is 0 Å². The molecule has 0 bridgehead atoms. The Balaban J connectivity index is 1.52. The molecule has 2 aromatic rings. The van der Waals surface area contributed by atoms with Gasteiger partial charge in [-0.05, 0) is 23.3 Å². The molecule has 0 saturated heterocycles. The molecular weight excluding hydrogens is 262 g/mol. The maximum atomic E-state index is 4.10. The van der Waals surface area contributed by atoms with E-state index in [4.69, 9.17) is 0 Å². The maximum absolute atomic E-state index is 4.10. The van der Waals surface area contributed by atoms with Gasteiger partial charge in [-0.15, -0.1) is 5.10 Å². The van der Waals surface area contributed by atoms with Crippen LogP contribution in [0.2, 0.25) is 0 Å². The lowest BCUT2D eigenvalue weighted by atomic mass is 10.5. The van der Waals surface area contributed by atoms with Crippen molar-refractivity contribution in [2.75, 3.05) is 6.54 Å². The second-order valence-electron chi connectivity index (χ2n) is 4.70. The van der Waals surface area contributed by atoms with Gasteiger partial charge in [0.15, 0.2) is 0 Å². The number of nitrogens with zero attached hydrogens (tertiary/aromatic N) is 6. The largest absolute Gasteiger partial charge is 0.337 e. The van der Waals surface area contributed by atoms with Crippen molar-refractivity contribution < 1.29 is 0 Å². The zero-order valence-electron chi connectivity index (χ0n) is 10.9. The summed E-state index contributed by atoms with van der Waals surface area (Å²) in [7, 11) is 1.99. The zero-order chi connectivity index (χ0) is 13.1. The van der Waals surface area contributed by atoms with Crippen LogP contribution in [0.5, 0.6) is 0 Å². The molecule has 0 aliphatic heterocycles. The number of aryl methyl sites for hydroxylation is 1. The summed E-state index contributed by atoms with van der Waals surface area (Å²) in [6, 6.07) is 0.724. The molecule has 1 aliphatic rings. The van der Waals surface area contributed by atoms with E-state index in [-0.39, 0.29) is 0 Å². The molecule has 7 nitrogen and oxygen atoms in total. The number of thioether (sulfide) groups is 1. The average molecular weight is 279 g/mol. The fourth-order valence-corrected chi connectivity index (χ4v) is 2.69.